The molecule has 6 nitrogen and oxygen atoms in total. The molecule has 1 N–H and O–H groups in total. The summed E-state index contributed by atoms with van der Waals surface area (Å²) in [7, 11) is 3.61. The highest BCUT2D eigenvalue weighted by molar-refractivity contribution is 5.54. The minimum absolute atomic E-state index is 0.0943. The number of aliphatic hydroxyl groups excluding tert-OH is 1. The number of aromatic nitrogens is 2. The van der Waals surface area contributed by atoms with Crippen molar-refractivity contribution in [3.63, 3.8) is 0 Å². The number of allylic oxidation sites excluding steroid dienone is 4. The van der Waals surface area contributed by atoms with Crippen molar-refractivity contribution < 1.29 is 5.11 Å². The Labute approximate surface area is 181 Å². The van der Waals surface area contributed by atoms with E-state index in [1.54, 1.807) is 34.9 Å². The van der Waals surface area contributed by atoms with Crippen LogP contribution in [0.2, 0.25) is 0 Å². The van der Waals surface area contributed by atoms with Crippen LogP contribution in [0.4, 0.5) is 11.8 Å². The molecule has 0 saturated carbocycles. The molecule has 0 aliphatic rings. The summed E-state index contributed by atoms with van der Waals surface area (Å²) < 4.78 is 1.63. The summed E-state index contributed by atoms with van der Waals surface area (Å²) in [4.78, 5) is 22.1. The van der Waals surface area contributed by atoms with Crippen molar-refractivity contribution >= 4 is 11.8 Å². The molecule has 0 aliphatic heterocycles. The summed E-state index contributed by atoms with van der Waals surface area (Å²) in [5, 5.41) is 9.95. The van der Waals surface area contributed by atoms with Gasteiger partial charge in [0.15, 0.2) is 0 Å². The van der Waals surface area contributed by atoms with Gasteiger partial charge in [-0.1, -0.05) is 33.9 Å². The lowest BCUT2D eigenvalue weighted by Gasteiger charge is -2.27. The molecule has 1 rings (SSSR count). The highest BCUT2D eigenvalue weighted by Crippen LogP contribution is 2.23. The SMILES string of the molecule is C=CN(C)c1nc(N(CCC)CCC)n(C)c(=O)c1CC(=C)/C(C)=C\C(O)=C/CC. The van der Waals surface area contributed by atoms with Gasteiger partial charge in [0, 0.05) is 33.6 Å². The fraction of sp³-hybridized carbons (Fsp3) is 0.500. The second kappa shape index (κ2) is 12.1. The molecule has 1 heterocycles. The first-order valence-corrected chi connectivity index (χ1v) is 10.7. The van der Waals surface area contributed by atoms with E-state index < -0.39 is 0 Å². The molecule has 1 aromatic heterocycles. The molecule has 1 aromatic rings. The first-order valence-electron chi connectivity index (χ1n) is 10.7. The molecule has 0 spiro atoms. The average Bonchev–Trinajstić information content (AvgIpc) is 2.71. The number of anilines is 2. The van der Waals surface area contributed by atoms with Crippen molar-refractivity contribution in [2.45, 2.75) is 53.4 Å². The molecule has 0 amide bonds. The van der Waals surface area contributed by atoms with E-state index in [9.17, 15) is 9.90 Å². The molecule has 30 heavy (non-hydrogen) atoms. The quantitative estimate of drug-likeness (QED) is 0.390. The maximum Gasteiger partial charge on any atom is 0.260 e. The number of aliphatic hydroxyl groups is 1. The zero-order valence-electron chi connectivity index (χ0n) is 19.5. The molecule has 0 saturated heterocycles. The van der Waals surface area contributed by atoms with E-state index in [0.29, 0.717) is 23.8 Å². The smallest absolute Gasteiger partial charge is 0.260 e. The maximum atomic E-state index is 13.3. The van der Waals surface area contributed by atoms with Crippen LogP contribution in [0, 0.1) is 0 Å². The Bertz CT molecular complexity index is 859. The second-order valence-corrected chi connectivity index (χ2v) is 7.50. The molecule has 166 valence electrons. The van der Waals surface area contributed by atoms with E-state index in [1.165, 1.54) is 0 Å². The van der Waals surface area contributed by atoms with Gasteiger partial charge in [-0.05, 0) is 55.7 Å². The van der Waals surface area contributed by atoms with Crippen LogP contribution >= 0.6 is 0 Å². The fourth-order valence-corrected chi connectivity index (χ4v) is 3.24. The summed E-state index contributed by atoms with van der Waals surface area (Å²) >= 11 is 0. The monoisotopic (exact) mass is 414 g/mol. The van der Waals surface area contributed by atoms with Crippen molar-refractivity contribution in [3.8, 4) is 0 Å². The van der Waals surface area contributed by atoms with Gasteiger partial charge in [-0.15, -0.1) is 0 Å². The fourth-order valence-electron chi connectivity index (χ4n) is 3.24. The van der Waals surface area contributed by atoms with Crippen LogP contribution in [0.1, 0.15) is 52.5 Å². The minimum Gasteiger partial charge on any atom is -0.508 e. The van der Waals surface area contributed by atoms with Gasteiger partial charge in [0.2, 0.25) is 5.95 Å². The summed E-state index contributed by atoms with van der Waals surface area (Å²) in [5.74, 6) is 1.45. The molecule has 0 unspecified atom stereocenters. The summed E-state index contributed by atoms with van der Waals surface area (Å²) in [6, 6.07) is 0. The molecule has 6 heteroatoms. The zero-order valence-corrected chi connectivity index (χ0v) is 19.5. The Hall–Kier alpha value is -2.76. The largest absolute Gasteiger partial charge is 0.508 e. The maximum absolute atomic E-state index is 13.3. The van der Waals surface area contributed by atoms with Crippen LogP contribution in [-0.2, 0) is 13.5 Å². The Balaban J connectivity index is 3.50. The normalized spacial score (nSPS) is 12.1. The van der Waals surface area contributed by atoms with Gasteiger partial charge in [0.1, 0.15) is 11.6 Å². The topological polar surface area (TPSA) is 61.6 Å². The Morgan fingerprint density at radius 2 is 1.83 bits per heavy atom. The van der Waals surface area contributed by atoms with E-state index in [-0.39, 0.29) is 11.3 Å². The van der Waals surface area contributed by atoms with Crippen molar-refractivity contribution in [2.75, 3.05) is 29.9 Å². The van der Waals surface area contributed by atoms with E-state index >= 15 is 0 Å². The average molecular weight is 415 g/mol. The third kappa shape index (κ3) is 6.37. The van der Waals surface area contributed by atoms with Gasteiger partial charge in [-0.2, -0.15) is 4.98 Å². The highest BCUT2D eigenvalue weighted by atomic mass is 16.3. The Morgan fingerprint density at radius 1 is 1.23 bits per heavy atom. The van der Waals surface area contributed by atoms with Crippen molar-refractivity contribution in [2.24, 2.45) is 7.05 Å². The van der Waals surface area contributed by atoms with Crippen molar-refractivity contribution in [1.29, 1.82) is 0 Å². The van der Waals surface area contributed by atoms with Crippen LogP contribution in [0.15, 0.2) is 53.2 Å². The van der Waals surface area contributed by atoms with Gasteiger partial charge < -0.3 is 14.9 Å². The number of nitrogens with zero attached hydrogens (tertiary/aromatic N) is 4. The predicted molar refractivity (Wildman–Crippen MR) is 128 cm³/mol. The van der Waals surface area contributed by atoms with Crippen LogP contribution in [0.25, 0.3) is 0 Å². The first kappa shape index (κ1) is 25.3. The van der Waals surface area contributed by atoms with Crippen LogP contribution in [0.3, 0.4) is 0 Å². The Kier molecular flexibility index (Phi) is 10.2. The lowest BCUT2D eigenvalue weighted by atomic mass is 10.0. The predicted octanol–water partition coefficient (Wildman–Crippen LogP) is 4.88. The minimum atomic E-state index is -0.0943. The molecular weight excluding hydrogens is 376 g/mol. The number of hydrogen-bond acceptors (Lipinski definition) is 5. The third-order valence-corrected chi connectivity index (χ3v) is 4.94. The molecule has 0 aliphatic carbocycles. The lowest BCUT2D eigenvalue weighted by Crippen LogP contribution is -2.35. The molecule has 0 aromatic carbocycles. The molecule has 0 bridgehead atoms. The number of hydrogen-bond donors (Lipinski definition) is 1. The summed E-state index contributed by atoms with van der Waals surface area (Å²) in [6.45, 7) is 17.7. The van der Waals surface area contributed by atoms with Gasteiger partial charge >= 0.3 is 0 Å². The molecular formula is C24H38N4O2. The zero-order chi connectivity index (χ0) is 22.8. The highest BCUT2D eigenvalue weighted by Gasteiger charge is 2.21. The van der Waals surface area contributed by atoms with Gasteiger partial charge in [-0.3, -0.25) is 9.36 Å². The summed E-state index contributed by atoms with van der Waals surface area (Å²) in [5.41, 5.74) is 2.06. The van der Waals surface area contributed by atoms with E-state index in [2.05, 4.69) is 31.9 Å². The van der Waals surface area contributed by atoms with Gasteiger partial charge in [0.05, 0.1) is 5.56 Å². The van der Waals surface area contributed by atoms with Crippen LogP contribution in [-0.4, -0.2) is 34.8 Å². The van der Waals surface area contributed by atoms with E-state index in [0.717, 1.165) is 43.5 Å². The lowest BCUT2D eigenvalue weighted by molar-refractivity contribution is 0.429. The molecule has 0 radical (unpaired) electrons. The number of rotatable bonds is 12. The molecule has 0 atom stereocenters. The van der Waals surface area contributed by atoms with Crippen LogP contribution < -0.4 is 15.4 Å². The first-order chi connectivity index (χ1) is 14.2. The Morgan fingerprint density at radius 3 is 2.33 bits per heavy atom. The standard InChI is InChI=1S/C24H38N4O2/c1-9-13-20(29)16-18(5)19(6)17-21-22(26(7)12-4)25-24(27(8)23(21)30)28(14-10-2)15-11-3/h12-13,16,29H,4,6,9-11,14-15,17H2,1-3,5,7-8H3/b18-16-,20-13+. The van der Waals surface area contributed by atoms with Crippen molar-refractivity contribution in [1.82, 2.24) is 9.55 Å². The summed E-state index contributed by atoms with van der Waals surface area (Å²) in [6.07, 6.45) is 8.10. The third-order valence-electron chi connectivity index (χ3n) is 4.94. The van der Waals surface area contributed by atoms with Gasteiger partial charge in [0.25, 0.3) is 5.56 Å². The van der Waals surface area contributed by atoms with Crippen molar-refractivity contribution in [3.05, 3.63) is 64.3 Å². The van der Waals surface area contributed by atoms with Gasteiger partial charge in [-0.25, -0.2) is 0 Å². The molecule has 0 fully saturated rings. The van der Waals surface area contributed by atoms with E-state index in [4.69, 9.17) is 4.98 Å². The van der Waals surface area contributed by atoms with Crippen LogP contribution in [0.5, 0.6) is 0 Å². The van der Waals surface area contributed by atoms with E-state index in [1.807, 2.05) is 20.9 Å². The second-order valence-electron chi connectivity index (χ2n) is 7.50.